The second-order valence-electron chi connectivity index (χ2n) is 4.36. The predicted octanol–water partition coefficient (Wildman–Crippen LogP) is -3.46. The van der Waals surface area contributed by atoms with Crippen LogP contribution in [0.3, 0.4) is 0 Å². The van der Waals surface area contributed by atoms with E-state index in [0.717, 1.165) is 0 Å². The van der Waals surface area contributed by atoms with Gasteiger partial charge in [0.1, 0.15) is 24.4 Å². The Morgan fingerprint density at radius 1 is 1.05 bits per heavy atom. The maximum Gasteiger partial charge on any atom is 0.320 e. The molecule has 0 amide bonds. The molecule has 10 heteroatoms. The van der Waals surface area contributed by atoms with Gasteiger partial charge in [-0.1, -0.05) is 0 Å². The highest BCUT2D eigenvalue weighted by molar-refractivity contribution is 5.86. The summed E-state index contributed by atoms with van der Waals surface area (Å²) in [4.78, 5) is 32.7. The van der Waals surface area contributed by atoms with E-state index in [1.54, 1.807) is 0 Å². The van der Waals surface area contributed by atoms with E-state index in [9.17, 15) is 24.6 Å². The van der Waals surface area contributed by atoms with Crippen molar-refractivity contribution in [2.24, 2.45) is 0 Å². The van der Waals surface area contributed by atoms with Crippen LogP contribution in [0, 0.1) is 0 Å². The lowest BCUT2D eigenvalue weighted by Gasteiger charge is -2.21. The average molecular weight is 309 g/mol. The number of Topliss-reactive ketones (excluding diaryl/α,β-unsaturated/α-hetero) is 1. The predicted molar refractivity (Wildman–Crippen MR) is 66.4 cm³/mol. The van der Waals surface area contributed by atoms with Crippen molar-refractivity contribution in [3.05, 3.63) is 0 Å². The summed E-state index contributed by atoms with van der Waals surface area (Å²) >= 11 is 0. The lowest BCUT2D eigenvalue weighted by molar-refractivity contribution is -0.142. The standard InChI is InChI=1S/C11H19NO9/c13-4-7(15)10(19)9(18)6(14)3-12-5(11(20)21)1-2-8(16)17/h5,7,9-10,12-13,15,18-19H,1-4H2,(H,16,17)(H,20,21)/t5?,7-,9?,10?/m1/s1. The summed E-state index contributed by atoms with van der Waals surface area (Å²) in [7, 11) is 0. The zero-order chi connectivity index (χ0) is 16.6. The van der Waals surface area contributed by atoms with Crippen LogP contribution in [0.1, 0.15) is 12.8 Å². The molecule has 0 bridgehead atoms. The van der Waals surface area contributed by atoms with Gasteiger partial charge in [0.05, 0.1) is 13.2 Å². The minimum absolute atomic E-state index is 0.268. The Kier molecular flexibility index (Phi) is 8.66. The summed E-state index contributed by atoms with van der Waals surface area (Å²) in [6, 6.07) is -1.31. The van der Waals surface area contributed by atoms with E-state index in [1.165, 1.54) is 0 Å². The third kappa shape index (κ3) is 7.11. The molecule has 0 aromatic heterocycles. The highest BCUT2D eigenvalue weighted by Gasteiger charge is 2.30. The van der Waals surface area contributed by atoms with E-state index < -0.39 is 61.6 Å². The number of carboxylic acids is 2. The number of aliphatic hydroxyl groups excluding tert-OH is 4. The van der Waals surface area contributed by atoms with Crippen LogP contribution < -0.4 is 5.32 Å². The molecule has 7 N–H and O–H groups in total. The summed E-state index contributed by atoms with van der Waals surface area (Å²) in [6.45, 7) is -1.51. The summed E-state index contributed by atoms with van der Waals surface area (Å²) in [5.74, 6) is -3.57. The van der Waals surface area contributed by atoms with E-state index in [0.29, 0.717) is 0 Å². The molecule has 0 rings (SSSR count). The zero-order valence-electron chi connectivity index (χ0n) is 11.0. The van der Waals surface area contributed by atoms with E-state index in [-0.39, 0.29) is 6.42 Å². The average Bonchev–Trinajstić information content (AvgIpc) is 2.43. The molecule has 4 atom stereocenters. The first kappa shape index (κ1) is 19.4. The number of carbonyl (C=O) groups excluding carboxylic acids is 1. The lowest BCUT2D eigenvalue weighted by Crippen LogP contribution is -2.48. The number of aliphatic carboxylic acids is 2. The SMILES string of the molecule is O=C(O)CCC(NCC(=O)C(O)C(O)[C@H](O)CO)C(=O)O. The zero-order valence-corrected chi connectivity index (χ0v) is 11.0. The van der Waals surface area contributed by atoms with Crippen LogP contribution in [0.15, 0.2) is 0 Å². The van der Waals surface area contributed by atoms with E-state index in [1.807, 2.05) is 0 Å². The number of carboxylic acid groups (broad SMARTS) is 2. The fourth-order valence-electron chi connectivity index (χ4n) is 1.42. The molecule has 10 nitrogen and oxygen atoms in total. The molecule has 0 aromatic carbocycles. The van der Waals surface area contributed by atoms with Crippen molar-refractivity contribution in [1.82, 2.24) is 5.32 Å². The fraction of sp³-hybridized carbons (Fsp3) is 0.727. The van der Waals surface area contributed by atoms with E-state index >= 15 is 0 Å². The van der Waals surface area contributed by atoms with Gasteiger partial charge in [-0.05, 0) is 6.42 Å². The summed E-state index contributed by atoms with van der Waals surface area (Å²) in [5, 5.41) is 55.9. The topological polar surface area (TPSA) is 185 Å². The van der Waals surface area contributed by atoms with Gasteiger partial charge in [0, 0.05) is 6.42 Å². The molecule has 0 saturated carbocycles. The van der Waals surface area contributed by atoms with Gasteiger partial charge in [-0.2, -0.15) is 0 Å². The van der Waals surface area contributed by atoms with Crippen molar-refractivity contribution >= 4 is 17.7 Å². The molecule has 21 heavy (non-hydrogen) atoms. The molecular formula is C11H19NO9. The normalized spacial score (nSPS) is 16.8. The third-order valence-corrected chi connectivity index (χ3v) is 2.70. The number of ketones is 1. The molecule has 0 heterocycles. The fourth-order valence-corrected chi connectivity index (χ4v) is 1.42. The van der Waals surface area contributed by atoms with Crippen LogP contribution in [-0.2, 0) is 14.4 Å². The van der Waals surface area contributed by atoms with Crippen LogP contribution >= 0.6 is 0 Å². The highest BCUT2D eigenvalue weighted by atomic mass is 16.4. The Balaban J connectivity index is 4.41. The molecule has 0 saturated heterocycles. The van der Waals surface area contributed by atoms with Crippen LogP contribution in [0.5, 0.6) is 0 Å². The maximum absolute atomic E-state index is 11.5. The van der Waals surface area contributed by atoms with Gasteiger partial charge in [-0.25, -0.2) is 0 Å². The van der Waals surface area contributed by atoms with Crippen molar-refractivity contribution in [2.45, 2.75) is 37.2 Å². The molecule has 0 aliphatic rings. The second kappa shape index (κ2) is 9.37. The lowest BCUT2D eigenvalue weighted by atomic mass is 10.0. The molecular weight excluding hydrogens is 290 g/mol. The maximum atomic E-state index is 11.5. The van der Waals surface area contributed by atoms with E-state index in [4.69, 9.17) is 20.4 Å². The quantitative estimate of drug-likeness (QED) is 0.202. The van der Waals surface area contributed by atoms with Crippen molar-refractivity contribution < 1.29 is 45.0 Å². The molecule has 0 spiro atoms. The van der Waals surface area contributed by atoms with Gasteiger partial charge >= 0.3 is 11.9 Å². The molecule has 0 aliphatic heterocycles. The van der Waals surface area contributed by atoms with Crippen LogP contribution in [-0.4, -0.2) is 85.9 Å². The van der Waals surface area contributed by atoms with Gasteiger partial charge < -0.3 is 30.6 Å². The van der Waals surface area contributed by atoms with Crippen LogP contribution in [0.4, 0.5) is 0 Å². The van der Waals surface area contributed by atoms with Gasteiger partial charge in [-0.15, -0.1) is 0 Å². The number of hydrogen-bond donors (Lipinski definition) is 7. The van der Waals surface area contributed by atoms with Crippen LogP contribution in [0.2, 0.25) is 0 Å². The van der Waals surface area contributed by atoms with E-state index in [2.05, 4.69) is 5.32 Å². The Labute approximate surface area is 119 Å². The van der Waals surface area contributed by atoms with Crippen molar-refractivity contribution in [3.8, 4) is 0 Å². The second-order valence-corrected chi connectivity index (χ2v) is 4.36. The first-order valence-corrected chi connectivity index (χ1v) is 6.06. The minimum Gasteiger partial charge on any atom is -0.481 e. The van der Waals surface area contributed by atoms with Gasteiger partial charge in [0.25, 0.3) is 0 Å². The molecule has 3 unspecified atom stereocenters. The van der Waals surface area contributed by atoms with Crippen molar-refractivity contribution in [2.75, 3.05) is 13.2 Å². The van der Waals surface area contributed by atoms with Crippen LogP contribution in [0.25, 0.3) is 0 Å². The Bertz CT molecular complexity index is 373. The van der Waals surface area contributed by atoms with Gasteiger partial charge in [0.2, 0.25) is 0 Å². The summed E-state index contributed by atoms with van der Waals surface area (Å²) in [6.07, 6.45) is -6.33. The molecule has 0 radical (unpaired) electrons. The van der Waals surface area contributed by atoms with Crippen molar-refractivity contribution in [3.63, 3.8) is 0 Å². The molecule has 122 valence electrons. The number of aliphatic hydroxyl groups is 4. The Hall–Kier alpha value is -1.59. The number of carbonyl (C=O) groups is 3. The Morgan fingerprint density at radius 3 is 2.05 bits per heavy atom. The number of nitrogens with one attached hydrogen (secondary N) is 1. The minimum atomic E-state index is -2.01. The van der Waals surface area contributed by atoms with Gasteiger partial charge in [0.15, 0.2) is 5.78 Å². The summed E-state index contributed by atoms with van der Waals surface area (Å²) < 4.78 is 0. The van der Waals surface area contributed by atoms with Crippen molar-refractivity contribution in [1.29, 1.82) is 0 Å². The smallest absolute Gasteiger partial charge is 0.320 e. The molecule has 0 aliphatic carbocycles. The first-order chi connectivity index (χ1) is 9.70. The number of rotatable bonds is 11. The monoisotopic (exact) mass is 309 g/mol. The largest absolute Gasteiger partial charge is 0.481 e. The van der Waals surface area contributed by atoms with Gasteiger partial charge in [-0.3, -0.25) is 19.7 Å². The summed E-state index contributed by atoms with van der Waals surface area (Å²) in [5.41, 5.74) is 0. The highest BCUT2D eigenvalue weighted by Crippen LogP contribution is 2.02. The molecule has 0 fully saturated rings. The first-order valence-electron chi connectivity index (χ1n) is 6.06. The Morgan fingerprint density at radius 2 is 1.62 bits per heavy atom. The molecule has 0 aromatic rings. The number of hydrogen-bond acceptors (Lipinski definition) is 8. The third-order valence-electron chi connectivity index (χ3n) is 2.70.